The molecule has 4 rings (SSSR count). The van der Waals surface area contributed by atoms with Gasteiger partial charge < -0.3 is 5.32 Å². The molecule has 2 nitrogen and oxygen atoms in total. The second-order valence-electron chi connectivity index (χ2n) is 10.4. The Hall–Kier alpha value is -2.33. The summed E-state index contributed by atoms with van der Waals surface area (Å²) >= 11 is 3.67. The molecule has 0 amide bonds. The van der Waals surface area contributed by atoms with Gasteiger partial charge in [-0.05, 0) is 66.9 Å². The minimum atomic E-state index is 0.111. The number of aliphatic imine (C=N–C) groups is 1. The summed E-state index contributed by atoms with van der Waals surface area (Å²) in [6.45, 7) is 18.0. The second-order valence-corrected chi connectivity index (χ2v) is 10.8. The number of fused-ring (bicyclic) bond motifs is 2. The lowest BCUT2D eigenvalue weighted by Gasteiger charge is -2.42. The maximum Gasteiger partial charge on any atom is 0.0835 e. The Morgan fingerprint density at radius 3 is 2.18 bits per heavy atom. The highest BCUT2D eigenvalue weighted by atomic mass is 32.1. The number of thiol groups is 1. The summed E-state index contributed by atoms with van der Waals surface area (Å²) in [5.41, 5.74) is 9.98. The van der Waals surface area contributed by atoms with Gasteiger partial charge in [0, 0.05) is 22.6 Å². The molecule has 0 aromatic heterocycles. The van der Waals surface area contributed by atoms with Crippen LogP contribution in [0, 0.1) is 6.92 Å². The van der Waals surface area contributed by atoms with E-state index in [0.717, 1.165) is 17.0 Å². The number of benzene rings is 2. The van der Waals surface area contributed by atoms with E-state index in [-0.39, 0.29) is 16.9 Å². The van der Waals surface area contributed by atoms with E-state index in [4.69, 9.17) is 4.99 Å². The van der Waals surface area contributed by atoms with Gasteiger partial charge in [0.15, 0.2) is 0 Å². The minimum absolute atomic E-state index is 0.111. The molecular formula is C29H37FN2S. The number of aryl methyl sites for hydroxylation is 1. The van der Waals surface area contributed by atoms with Crippen LogP contribution in [-0.2, 0) is 10.8 Å². The van der Waals surface area contributed by atoms with Crippen LogP contribution in [0.5, 0.6) is 0 Å². The quantitative estimate of drug-likeness (QED) is 0.434. The van der Waals surface area contributed by atoms with Crippen LogP contribution < -0.4 is 5.32 Å². The molecule has 1 heterocycles. The molecule has 0 fully saturated rings. The van der Waals surface area contributed by atoms with Crippen molar-refractivity contribution in [1.29, 1.82) is 0 Å². The van der Waals surface area contributed by atoms with Crippen molar-refractivity contribution in [2.45, 2.75) is 71.3 Å². The Balaban J connectivity index is 0.000000555. The third-order valence-corrected chi connectivity index (χ3v) is 7.10. The molecule has 1 unspecified atom stereocenters. The van der Waals surface area contributed by atoms with Gasteiger partial charge >= 0.3 is 0 Å². The van der Waals surface area contributed by atoms with Crippen LogP contribution in [0.1, 0.15) is 75.3 Å². The van der Waals surface area contributed by atoms with E-state index in [9.17, 15) is 4.39 Å². The topological polar surface area (TPSA) is 24.4 Å². The summed E-state index contributed by atoms with van der Waals surface area (Å²) in [6.07, 6.45) is 4.22. The van der Waals surface area contributed by atoms with Crippen LogP contribution >= 0.6 is 12.6 Å². The van der Waals surface area contributed by atoms with Crippen molar-refractivity contribution in [2.24, 2.45) is 4.99 Å². The second kappa shape index (κ2) is 9.89. The van der Waals surface area contributed by atoms with Crippen molar-refractivity contribution in [3.63, 3.8) is 0 Å². The predicted octanol–water partition coefficient (Wildman–Crippen LogP) is 7.91. The molecule has 0 saturated carbocycles. The molecule has 0 saturated heterocycles. The van der Waals surface area contributed by atoms with Crippen LogP contribution in [0.4, 0.5) is 10.1 Å². The molecule has 2 aromatic rings. The van der Waals surface area contributed by atoms with Crippen molar-refractivity contribution in [1.82, 2.24) is 0 Å². The lowest BCUT2D eigenvalue weighted by Crippen LogP contribution is -2.34. The van der Waals surface area contributed by atoms with Crippen molar-refractivity contribution < 1.29 is 4.39 Å². The zero-order chi connectivity index (χ0) is 24.4. The number of halogens is 1. The smallest absolute Gasteiger partial charge is 0.0835 e. The van der Waals surface area contributed by atoms with E-state index in [1.54, 1.807) is 0 Å². The van der Waals surface area contributed by atoms with Gasteiger partial charge in [-0.25, -0.2) is 4.39 Å². The molecule has 4 heteroatoms. The van der Waals surface area contributed by atoms with E-state index >= 15 is 0 Å². The Morgan fingerprint density at radius 2 is 1.67 bits per heavy atom. The van der Waals surface area contributed by atoms with E-state index in [1.807, 2.05) is 0 Å². The number of hydrogen-bond donors (Lipinski definition) is 2. The average molecular weight is 465 g/mol. The van der Waals surface area contributed by atoms with E-state index in [2.05, 4.69) is 102 Å². The molecule has 33 heavy (non-hydrogen) atoms. The SMILES string of the molecule is C=C1N=C(c2ccc(C)cc2)c2cc3c(cc2NC1C)C(C)(C)CCC3(C)C.F/C=C/CS. The zero-order valence-electron chi connectivity index (χ0n) is 20.8. The van der Waals surface area contributed by atoms with Crippen molar-refractivity contribution in [2.75, 3.05) is 11.1 Å². The van der Waals surface area contributed by atoms with Gasteiger partial charge in [0.25, 0.3) is 0 Å². The van der Waals surface area contributed by atoms with Crippen LogP contribution in [0.25, 0.3) is 0 Å². The van der Waals surface area contributed by atoms with Crippen LogP contribution in [0.15, 0.2) is 66.1 Å². The number of hydrogen-bond acceptors (Lipinski definition) is 3. The fraction of sp³-hybridized carbons (Fsp3) is 0.414. The first-order valence-corrected chi connectivity index (χ1v) is 12.3. The van der Waals surface area contributed by atoms with Gasteiger partial charge in [-0.2, -0.15) is 12.6 Å². The molecule has 2 aromatic carbocycles. The molecule has 2 aliphatic rings. The Kier molecular flexibility index (Phi) is 7.58. The fourth-order valence-electron chi connectivity index (χ4n) is 4.52. The number of anilines is 1. The molecule has 0 radical (unpaired) electrons. The monoisotopic (exact) mass is 464 g/mol. The highest BCUT2D eigenvalue weighted by Gasteiger charge is 2.38. The average Bonchev–Trinajstić information content (AvgIpc) is 2.88. The molecule has 1 atom stereocenters. The van der Waals surface area contributed by atoms with Crippen molar-refractivity contribution in [3.8, 4) is 0 Å². The largest absolute Gasteiger partial charge is 0.376 e. The van der Waals surface area contributed by atoms with E-state index in [0.29, 0.717) is 12.1 Å². The first kappa shape index (κ1) is 25.3. The standard InChI is InChI=1S/C26H32N2.C3H5FS/c1-16-8-10-19(11-9-16)24-20-14-21-22(26(6,7)13-12-25(21,4)5)15-23(20)27-17(2)18(3)28-24;4-2-1-3-5/h8-11,14-15,17,27H,3,12-13H2,1-2,4-7H3;1-2,5H,3H2/b;2-1+. The molecule has 176 valence electrons. The molecule has 1 N–H and O–H groups in total. The third-order valence-electron chi connectivity index (χ3n) is 6.89. The highest BCUT2D eigenvalue weighted by Crippen LogP contribution is 2.48. The van der Waals surface area contributed by atoms with Crippen LogP contribution in [0.3, 0.4) is 0 Å². The van der Waals surface area contributed by atoms with Gasteiger partial charge in [-0.3, -0.25) is 4.99 Å². The van der Waals surface area contributed by atoms with Crippen molar-refractivity contribution in [3.05, 3.63) is 88.9 Å². The minimum Gasteiger partial charge on any atom is -0.376 e. The van der Waals surface area contributed by atoms with Crippen LogP contribution in [0.2, 0.25) is 0 Å². The fourth-order valence-corrected chi connectivity index (χ4v) is 4.60. The maximum atomic E-state index is 10.8. The Labute approximate surface area is 204 Å². The van der Waals surface area contributed by atoms with Crippen molar-refractivity contribution >= 4 is 24.0 Å². The van der Waals surface area contributed by atoms with Crippen LogP contribution in [-0.4, -0.2) is 17.5 Å². The lowest BCUT2D eigenvalue weighted by atomic mass is 9.62. The molecular weight excluding hydrogens is 427 g/mol. The summed E-state index contributed by atoms with van der Waals surface area (Å²) in [6, 6.07) is 13.6. The summed E-state index contributed by atoms with van der Waals surface area (Å²) in [4.78, 5) is 4.99. The third kappa shape index (κ3) is 5.43. The van der Waals surface area contributed by atoms with Gasteiger partial charge in [-0.1, -0.05) is 64.1 Å². The summed E-state index contributed by atoms with van der Waals surface area (Å²) in [7, 11) is 0. The summed E-state index contributed by atoms with van der Waals surface area (Å²) in [5.74, 6) is 0.483. The maximum absolute atomic E-state index is 10.8. The molecule has 1 aliphatic heterocycles. The number of rotatable bonds is 2. The van der Waals surface area contributed by atoms with Gasteiger partial charge in [0.1, 0.15) is 0 Å². The number of nitrogens with zero attached hydrogens (tertiary/aromatic N) is 1. The highest BCUT2D eigenvalue weighted by molar-refractivity contribution is 7.80. The zero-order valence-corrected chi connectivity index (χ0v) is 21.7. The Bertz CT molecular complexity index is 1080. The normalized spacial score (nSPS) is 20.5. The summed E-state index contributed by atoms with van der Waals surface area (Å²) in [5, 5.41) is 3.68. The van der Waals surface area contributed by atoms with E-state index in [1.165, 1.54) is 46.9 Å². The molecule has 0 spiro atoms. The van der Waals surface area contributed by atoms with E-state index < -0.39 is 0 Å². The first-order valence-electron chi connectivity index (χ1n) is 11.7. The summed E-state index contributed by atoms with van der Waals surface area (Å²) < 4.78 is 10.8. The molecule has 0 bridgehead atoms. The number of nitrogens with one attached hydrogen (secondary N) is 1. The van der Waals surface area contributed by atoms with Gasteiger partial charge in [-0.15, -0.1) is 0 Å². The predicted molar refractivity (Wildman–Crippen MR) is 145 cm³/mol. The lowest BCUT2D eigenvalue weighted by molar-refractivity contribution is 0.332. The Morgan fingerprint density at radius 1 is 1.09 bits per heavy atom. The van der Waals surface area contributed by atoms with Gasteiger partial charge in [0.2, 0.25) is 0 Å². The molecule has 1 aliphatic carbocycles. The van der Waals surface area contributed by atoms with Gasteiger partial charge in [0.05, 0.1) is 23.8 Å². The first-order chi connectivity index (χ1) is 15.5.